The fourth-order valence-electron chi connectivity index (χ4n) is 4.31. The minimum Gasteiger partial charge on any atom is -0.497 e. The minimum atomic E-state index is -2.48. The lowest BCUT2D eigenvalue weighted by atomic mass is 10.0. The zero-order chi connectivity index (χ0) is 24.1. The predicted octanol–water partition coefficient (Wildman–Crippen LogP) is 1.84. The Bertz CT molecular complexity index is 1140. The fraction of sp³-hybridized carbons (Fsp3) is 0.364. The first-order chi connectivity index (χ1) is 15.6. The van der Waals surface area contributed by atoms with Crippen LogP contribution in [-0.2, 0) is 16.0 Å². The molecule has 0 aliphatic carbocycles. The van der Waals surface area contributed by atoms with E-state index in [9.17, 15) is 29.9 Å². The van der Waals surface area contributed by atoms with E-state index < -0.39 is 33.9 Å². The molecule has 2 N–H and O–H groups in total. The molecular weight excluding hydrogens is 450 g/mol. The molecular formula is C22H23N3O7S. The third kappa shape index (κ3) is 3.35. The molecule has 2 aromatic rings. The molecule has 2 aliphatic heterocycles. The summed E-state index contributed by atoms with van der Waals surface area (Å²) in [5.41, 5.74) is -1.10. The molecule has 10 nitrogen and oxygen atoms in total. The number of nitro benzene ring substituents is 1. The predicted molar refractivity (Wildman–Crippen MR) is 121 cm³/mol. The van der Waals surface area contributed by atoms with Crippen LogP contribution in [-0.4, -0.2) is 63.2 Å². The SMILES string of the molecule is COc1ccc([C@@H](C)S[C@@]23Cc4ccc([N+](=O)[O-])cc4N2C(=O)C(O)(CO)N(C)C3=O)cc1. The third-order valence-electron chi connectivity index (χ3n) is 6.23. The average Bonchev–Trinajstić information content (AvgIpc) is 3.15. The molecule has 2 amide bonds. The van der Waals surface area contributed by atoms with Crippen molar-refractivity contribution in [2.75, 3.05) is 25.7 Å². The van der Waals surface area contributed by atoms with Crippen LogP contribution in [0.3, 0.4) is 0 Å². The van der Waals surface area contributed by atoms with Crippen molar-refractivity contribution >= 4 is 35.0 Å². The number of carbonyl (C=O) groups is 2. The number of thioether (sulfide) groups is 1. The summed E-state index contributed by atoms with van der Waals surface area (Å²) in [7, 11) is 2.82. The van der Waals surface area contributed by atoms with E-state index in [4.69, 9.17) is 4.74 Å². The molecule has 1 fully saturated rings. The number of aliphatic hydroxyl groups excluding tert-OH is 1. The summed E-state index contributed by atoms with van der Waals surface area (Å²) in [4.78, 5) is 38.5. The summed E-state index contributed by atoms with van der Waals surface area (Å²) in [5.74, 6) is -0.823. The van der Waals surface area contributed by atoms with E-state index in [-0.39, 0.29) is 23.0 Å². The molecule has 0 bridgehead atoms. The van der Waals surface area contributed by atoms with Crippen molar-refractivity contribution in [3.05, 3.63) is 63.7 Å². The second-order valence-electron chi connectivity index (χ2n) is 8.04. The molecule has 0 radical (unpaired) electrons. The van der Waals surface area contributed by atoms with Crippen LogP contribution in [0.2, 0.25) is 0 Å². The Labute approximate surface area is 193 Å². The van der Waals surface area contributed by atoms with Crippen molar-refractivity contribution in [3.8, 4) is 5.75 Å². The molecule has 11 heteroatoms. The number of aliphatic hydroxyl groups is 2. The van der Waals surface area contributed by atoms with Gasteiger partial charge in [-0.3, -0.25) is 24.6 Å². The van der Waals surface area contributed by atoms with Crippen molar-refractivity contribution in [1.29, 1.82) is 0 Å². The molecule has 0 aromatic heterocycles. The Hall–Kier alpha value is -3.15. The Morgan fingerprint density at radius 2 is 1.88 bits per heavy atom. The van der Waals surface area contributed by atoms with E-state index >= 15 is 0 Å². The quantitative estimate of drug-likeness (QED) is 0.480. The highest BCUT2D eigenvalue weighted by Crippen LogP contribution is 2.54. The van der Waals surface area contributed by atoms with Crippen LogP contribution in [0.15, 0.2) is 42.5 Å². The number of fused-ring (bicyclic) bond motifs is 3. The maximum atomic E-state index is 13.7. The zero-order valence-electron chi connectivity index (χ0n) is 18.2. The number of methoxy groups -OCH3 is 1. The van der Waals surface area contributed by atoms with Crippen LogP contribution in [0.5, 0.6) is 5.75 Å². The molecule has 2 aliphatic rings. The van der Waals surface area contributed by atoms with Crippen molar-refractivity contribution in [3.63, 3.8) is 0 Å². The maximum absolute atomic E-state index is 13.7. The number of hydrogen-bond donors (Lipinski definition) is 2. The Kier molecular flexibility index (Phi) is 5.59. The van der Waals surface area contributed by atoms with Crippen molar-refractivity contribution < 1.29 is 29.5 Å². The van der Waals surface area contributed by atoms with Gasteiger partial charge in [-0.15, -0.1) is 11.8 Å². The average molecular weight is 474 g/mol. The number of anilines is 1. The van der Waals surface area contributed by atoms with E-state index in [1.54, 1.807) is 19.2 Å². The Morgan fingerprint density at radius 3 is 2.45 bits per heavy atom. The lowest BCUT2D eigenvalue weighted by molar-refractivity contribution is -0.384. The molecule has 4 rings (SSSR count). The van der Waals surface area contributed by atoms with Gasteiger partial charge in [-0.25, -0.2) is 0 Å². The van der Waals surface area contributed by atoms with Gasteiger partial charge in [0.2, 0.25) is 5.72 Å². The first-order valence-electron chi connectivity index (χ1n) is 10.1. The zero-order valence-corrected chi connectivity index (χ0v) is 19.0. The Balaban J connectivity index is 1.83. The lowest BCUT2D eigenvalue weighted by Gasteiger charge is -2.51. The van der Waals surface area contributed by atoms with Gasteiger partial charge in [0.25, 0.3) is 17.5 Å². The van der Waals surface area contributed by atoms with E-state index in [2.05, 4.69) is 0 Å². The first-order valence-corrected chi connectivity index (χ1v) is 11.0. The van der Waals surface area contributed by atoms with Crippen LogP contribution < -0.4 is 9.64 Å². The lowest BCUT2D eigenvalue weighted by Crippen LogP contribution is -2.75. The maximum Gasteiger partial charge on any atom is 0.284 e. The molecule has 1 saturated heterocycles. The smallest absolute Gasteiger partial charge is 0.284 e. The number of rotatable bonds is 6. The van der Waals surface area contributed by atoms with E-state index in [1.165, 1.54) is 37.0 Å². The van der Waals surface area contributed by atoms with Gasteiger partial charge in [0, 0.05) is 30.9 Å². The topological polar surface area (TPSA) is 133 Å². The fourth-order valence-corrected chi connectivity index (χ4v) is 5.95. The van der Waals surface area contributed by atoms with Gasteiger partial charge in [-0.1, -0.05) is 12.1 Å². The number of non-ortho nitro benzene ring substituents is 1. The van der Waals surface area contributed by atoms with Crippen LogP contribution >= 0.6 is 11.8 Å². The number of likely N-dealkylation sites (N-methyl/N-ethyl adjacent to an activating group) is 1. The van der Waals surface area contributed by atoms with Gasteiger partial charge >= 0.3 is 0 Å². The molecule has 0 spiro atoms. The second kappa shape index (κ2) is 8.01. The highest BCUT2D eigenvalue weighted by atomic mass is 32.2. The third-order valence-corrected chi connectivity index (χ3v) is 7.75. The summed E-state index contributed by atoms with van der Waals surface area (Å²) in [6, 6.07) is 11.4. The van der Waals surface area contributed by atoms with Crippen LogP contribution in [0.1, 0.15) is 23.3 Å². The molecule has 2 heterocycles. The van der Waals surface area contributed by atoms with Gasteiger partial charge in [0.15, 0.2) is 4.87 Å². The second-order valence-corrected chi connectivity index (χ2v) is 9.66. The van der Waals surface area contributed by atoms with E-state index in [0.717, 1.165) is 15.4 Å². The number of ether oxygens (including phenoxy) is 1. The van der Waals surface area contributed by atoms with Crippen molar-refractivity contribution in [1.82, 2.24) is 4.90 Å². The van der Waals surface area contributed by atoms with Gasteiger partial charge in [-0.05, 0) is 36.2 Å². The molecule has 174 valence electrons. The van der Waals surface area contributed by atoms with Gasteiger partial charge < -0.3 is 19.8 Å². The first kappa shape index (κ1) is 23.0. The number of nitrogens with zero attached hydrogens (tertiary/aromatic N) is 3. The summed E-state index contributed by atoms with van der Waals surface area (Å²) in [6.07, 6.45) is 0.0991. The van der Waals surface area contributed by atoms with Crippen LogP contribution in [0.25, 0.3) is 0 Å². The highest BCUT2D eigenvalue weighted by Gasteiger charge is 2.65. The molecule has 33 heavy (non-hydrogen) atoms. The minimum absolute atomic E-state index is 0.0991. The number of piperazine rings is 1. The highest BCUT2D eigenvalue weighted by molar-refractivity contribution is 8.01. The monoisotopic (exact) mass is 473 g/mol. The molecule has 0 saturated carbocycles. The number of hydrogen-bond acceptors (Lipinski definition) is 8. The Morgan fingerprint density at radius 1 is 1.21 bits per heavy atom. The number of amides is 2. The number of carbonyl (C=O) groups excluding carboxylic acids is 2. The van der Waals surface area contributed by atoms with E-state index in [0.29, 0.717) is 11.3 Å². The number of benzene rings is 2. The largest absolute Gasteiger partial charge is 0.497 e. The summed E-state index contributed by atoms with van der Waals surface area (Å²) < 4.78 is 5.19. The van der Waals surface area contributed by atoms with Crippen LogP contribution in [0.4, 0.5) is 11.4 Å². The molecule has 3 atom stereocenters. The van der Waals surface area contributed by atoms with Crippen molar-refractivity contribution in [2.24, 2.45) is 0 Å². The molecule has 2 aromatic carbocycles. The van der Waals surface area contributed by atoms with Crippen molar-refractivity contribution in [2.45, 2.75) is 29.2 Å². The summed E-state index contributed by atoms with van der Waals surface area (Å²) in [6.45, 7) is 0.874. The van der Waals surface area contributed by atoms with E-state index in [1.807, 2.05) is 19.1 Å². The summed E-state index contributed by atoms with van der Waals surface area (Å²) in [5, 5.41) is 31.8. The van der Waals surface area contributed by atoms with Gasteiger partial charge in [-0.2, -0.15) is 0 Å². The summed E-state index contributed by atoms with van der Waals surface area (Å²) >= 11 is 1.21. The number of nitro groups is 1. The van der Waals surface area contributed by atoms with Crippen LogP contribution in [0, 0.1) is 10.1 Å². The van der Waals surface area contributed by atoms with Gasteiger partial charge in [0.05, 0.1) is 17.7 Å². The molecule has 1 unspecified atom stereocenters. The normalized spacial score (nSPS) is 25.0. The van der Waals surface area contributed by atoms with Gasteiger partial charge in [0.1, 0.15) is 12.4 Å². The standard InChI is InChI=1S/C22H23N3O7S/c1-13(14-5-8-17(32-3)9-6-14)33-22-11-15-4-7-16(25(30)31)10-18(15)24(22)19(27)21(29,12-26)23(2)20(22)28/h4-10,13,26,29H,11-12H2,1-3H3/t13-,21?,22-/m1/s1.